The van der Waals surface area contributed by atoms with Gasteiger partial charge in [0.25, 0.3) is 0 Å². The zero-order valence-electron chi connectivity index (χ0n) is 8.34. The van der Waals surface area contributed by atoms with Crippen LogP contribution in [0.2, 0.25) is 0 Å². The number of aromatic hydroxyl groups is 1. The highest BCUT2D eigenvalue weighted by Crippen LogP contribution is 2.22. The van der Waals surface area contributed by atoms with E-state index in [1.807, 2.05) is 0 Å². The van der Waals surface area contributed by atoms with Crippen molar-refractivity contribution < 1.29 is 14.3 Å². The number of halogens is 2. The van der Waals surface area contributed by atoms with Crippen LogP contribution in [0.25, 0.3) is 0 Å². The number of phenols is 1. The van der Waals surface area contributed by atoms with Crippen molar-refractivity contribution in [2.24, 2.45) is 0 Å². The molecule has 15 heavy (non-hydrogen) atoms. The van der Waals surface area contributed by atoms with E-state index in [2.05, 4.69) is 21.2 Å². The minimum atomic E-state index is -0.764. The van der Waals surface area contributed by atoms with E-state index in [9.17, 15) is 9.18 Å². The Hall–Kier alpha value is -1.10. The molecule has 0 saturated heterocycles. The molecule has 2 N–H and O–H groups in total. The predicted molar refractivity (Wildman–Crippen MR) is 59.7 cm³/mol. The van der Waals surface area contributed by atoms with Gasteiger partial charge < -0.3 is 10.4 Å². The third-order valence-electron chi connectivity index (χ3n) is 1.75. The van der Waals surface area contributed by atoms with Crippen molar-refractivity contribution >= 4 is 27.5 Å². The lowest BCUT2D eigenvalue weighted by Crippen LogP contribution is -2.30. The first-order valence-electron chi connectivity index (χ1n) is 4.29. The van der Waals surface area contributed by atoms with Crippen LogP contribution in [0.15, 0.2) is 18.2 Å². The zero-order chi connectivity index (χ0) is 11.6. The van der Waals surface area contributed by atoms with Crippen LogP contribution in [-0.2, 0) is 4.79 Å². The molecule has 0 fully saturated rings. The van der Waals surface area contributed by atoms with Crippen LogP contribution >= 0.6 is 15.9 Å². The average molecular weight is 276 g/mol. The maximum Gasteiger partial charge on any atom is 0.240 e. The normalized spacial score (nSPS) is 11.2. The van der Waals surface area contributed by atoms with Gasteiger partial charge in [0, 0.05) is 11.8 Å². The van der Waals surface area contributed by atoms with E-state index in [1.54, 1.807) is 13.8 Å². The van der Waals surface area contributed by atoms with Gasteiger partial charge in [-0.1, -0.05) is 15.9 Å². The molecule has 0 atom stereocenters. The molecule has 3 nitrogen and oxygen atoms in total. The summed E-state index contributed by atoms with van der Waals surface area (Å²) in [5, 5.41) is 11.5. The molecule has 0 spiro atoms. The molecule has 0 aromatic heterocycles. The van der Waals surface area contributed by atoms with Crippen molar-refractivity contribution in [2.45, 2.75) is 18.2 Å². The largest absolute Gasteiger partial charge is 0.505 e. The highest BCUT2D eigenvalue weighted by atomic mass is 79.9. The van der Waals surface area contributed by atoms with Crippen LogP contribution < -0.4 is 5.32 Å². The quantitative estimate of drug-likeness (QED) is 0.644. The molecule has 1 rings (SSSR count). The van der Waals surface area contributed by atoms with E-state index in [0.29, 0.717) is 5.69 Å². The first kappa shape index (κ1) is 12.0. The molecule has 0 heterocycles. The Balaban J connectivity index is 2.83. The number of hydrogen-bond donors (Lipinski definition) is 2. The Labute approximate surface area is 95.4 Å². The molecular formula is C10H11BrFNO2. The second kappa shape index (κ2) is 4.18. The standard InChI is InChI=1S/C10H11BrFNO2/c1-10(2,11)9(15)13-6-3-4-8(14)7(12)5-6/h3-5,14H,1-2H3,(H,13,15). The third kappa shape index (κ3) is 3.20. The number of anilines is 1. The van der Waals surface area contributed by atoms with Gasteiger partial charge in [-0.3, -0.25) is 4.79 Å². The smallest absolute Gasteiger partial charge is 0.240 e. The van der Waals surface area contributed by atoms with Crippen LogP contribution in [0.3, 0.4) is 0 Å². The number of alkyl halides is 1. The van der Waals surface area contributed by atoms with E-state index in [-0.39, 0.29) is 5.91 Å². The number of carbonyl (C=O) groups is 1. The molecule has 0 aliphatic rings. The van der Waals surface area contributed by atoms with Crippen LogP contribution in [0.4, 0.5) is 10.1 Å². The van der Waals surface area contributed by atoms with Crippen LogP contribution in [-0.4, -0.2) is 15.3 Å². The van der Waals surface area contributed by atoms with Gasteiger partial charge in [-0.15, -0.1) is 0 Å². The fourth-order valence-corrected chi connectivity index (χ4v) is 0.963. The molecular weight excluding hydrogens is 265 g/mol. The molecule has 0 aliphatic heterocycles. The van der Waals surface area contributed by atoms with Gasteiger partial charge >= 0.3 is 0 Å². The minimum absolute atomic E-state index is 0.285. The summed E-state index contributed by atoms with van der Waals surface area (Å²) in [5.41, 5.74) is 0.308. The zero-order valence-corrected chi connectivity index (χ0v) is 9.93. The molecule has 0 bridgehead atoms. The van der Waals surface area contributed by atoms with Crippen LogP contribution in [0.1, 0.15) is 13.8 Å². The van der Waals surface area contributed by atoms with Crippen molar-refractivity contribution in [1.29, 1.82) is 0 Å². The first-order chi connectivity index (χ1) is 6.80. The molecule has 5 heteroatoms. The summed E-state index contributed by atoms with van der Waals surface area (Å²) < 4.78 is 12.2. The SMILES string of the molecule is CC(C)(Br)C(=O)Nc1ccc(O)c(F)c1. The Morgan fingerprint density at radius 2 is 2.13 bits per heavy atom. The molecule has 0 unspecified atom stereocenters. The number of nitrogens with one attached hydrogen (secondary N) is 1. The van der Waals surface area contributed by atoms with E-state index in [4.69, 9.17) is 5.11 Å². The fourth-order valence-electron chi connectivity index (χ4n) is 0.864. The van der Waals surface area contributed by atoms with Crippen molar-refractivity contribution in [1.82, 2.24) is 0 Å². The van der Waals surface area contributed by atoms with Gasteiger partial charge in [-0.05, 0) is 26.0 Å². The lowest BCUT2D eigenvalue weighted by molar-refractivity contribution is -0.117. The molecule has 0 radical (unpaired) electrons. The summed E-state index contributed by atoms with van der Waals surface area (Å²) in [6.45, 7) is 3.36. The van der Waals surface area contributed by atoms with Crippen molar-refractivity contribution in [2.75, 3.05) is 5.32 Å². The monoisotopic (exact) mass is 275 g/mol. The molecule has 1 aromatic rings. The van der Waals surface area contributed by atoms with E-state index < -0.39 is 15.9 Å². The molecule has 1 amide bonds. The van der Waals surface area contributed by atoms with Gasteiger partial charge in [0.15, 0.2) is 11.6 Å². The molecule has 82 valence electrons. The van der Waals surface area contributed by atoms with Crippen LogP contribution in [0, 0.1) is 5.82 Å². The Bertz CT molecular complexity index is 387. The lowest BCUT2D eigenvalue weighted by atomic mass is 10.2. The van der Waals surface area contributed by atoms with E-state index in [1.165, 1.54) is 12.1 Å². The highest BCUT2D eigenvalue weighted by Gasteiger charge is 2.23. The van der Waals surface area contributed by atoms with Crippen molar-refractivity contribution in [3.8, 4) is 5.75 Å². The molecule has 0 aliphatic carbocycles. The summed E-state index contributed by atoms with van der Waals surface area (Å²) in [5.74, 6) is -1.49. The number of rotatable bonds is 2. The third-order valence-corrected chi connectivity index (χ3v) is 2.11. The van der Waals surface area contributed by atoms with Gasteiger partial charge in [0.1, 0.15) is 0 Å². The maximum atomic E-state index is 12.9. The Morgan fingerprint density at radius 3 is 2.60 bits per heavy atom. The summed E-state index contributed by atoms with van der Waals surface area (Å²) >= 11 is 3.18. The van der Waals surface area contributed by atoms with Gasteiger partial charge in [-0.2, -0.15) is 0 Å². The summed E-state index contributed by atoms with van der Waals surface area (Å²) in [7, 11) is 0. The highest BCUT2D eigenvalue weighted by molar-refractivity contribution is 9.10. The summed E-state index contributed by atoms with van der Waals surface area (Å²) in [6.07, 6.45) is 0. The fraction of sp³-hybridized carbons (Fsp3) is 0.300. The molecule has 0 saturated carbocycles. The number of phenolic OH excluding ortho intramolecular Hbond substituents is 1. The summed E-state index contributed by atoms with van der Waals surface area (Å²) in [6, 6.07) is 3.67. The molecule has 1 aromatic carbocycles. The van der Waals surface area contributed by atoms with Crippen molar-refractivity contribution in [3.63, 3.8) is 0 Å². The van der Waals surface area contributed by atoms with E-state index >= 15 is 0 Å². The van der Waals surface area contributed by atoms with E-state index in [0.717, 1.165) is 6.07 Å². The second-order valence-corrected chi connectivity index (χ2v) is 5.58. The topological polar surface area (TPSA) is 49.3 Å². The number of carbonyl (C=O) groups excluding carboxylic acids is 1. The second-order valence-electron chi connectivity index (χ2n) is 3.59. The number of hydrogen-bond acceptors (Lipinski definition) is 2. The maximum absolute atomic E-state index is 12.9. The van der Waals surface area contributed by atoms with Crippen molar-refractivity contribution in [3.05, 3.63) is 24.0 Å². The minimum Gasteiger partial charge on any atom is -0.505 e. The van der Waals surface area contributed by atoms with Gasteiger partial charge in [0.2, 0.25) is 5.91 Å². The number of amides is 1. The average Bonchev–Trinajstić information content (AvgIpc) is 2.10. The first-order valence-corrected chi connectivity index (χ1v) is 5.09. The predicted octanol–water partition coefficient (Wildman–Crippen LogP) is 2.64. The van der Waals surface area contributed by atoms with Gasteiger partial charge in [0.05, 0.1) is 4.32 Å². The van der Waals surface area contributed by atoms with Gasteiger partial charge in [-0.25, -0.2) is 4.39 Å². The summed E-state index contributed by atoms with van der Waals surface area (Å²) in [4.78, 5) is 11.5. The Kier molecular flexibility index (Phi) is 3.34. The Morgan fingerprint density at radius 1 is 1.53 bits per heavy atom. The number of benzene rings is 1. The lowest BCUT2D eigenvalue weighted by Gasteiger charge is -2.15. The van der Waals surface area contributed by atoms with Crippen LogP contribution in [0.5, 0.6) is 5.75 Å².